The van der Waals surface area contributed by atoms with Crippen LogP contribution in [0.25, 0.3) is 0 Å². The van der Waals surface area contributed by atoms with Crippen molar-refractivity contribution in [1.29, 1.82) is 0 Å². The number of ether oxygens (including phenoxy) is 1. The molecule has 4 nitrogen and oxygen atoms in total. The van der Waals surface area contributed by atoms with E-state index in [1.165, 1.54) is 25.7 Å². The molecule has 0 atom stereocenters. The summed E-state index contributed by atoms with van der Waals surface area (Å²) in [4.78, 5) is 10.6. The van der Waals surface area contributed by atoms with Gasteiger partial charge in [-0.1, -0.05) is 38.0 Å². The smallest absolute Gasteiger partial charge is 0.341 e. The molecule has 1 aliphatic rings. The highest BCUT2D eigenvalue weighted by Crippen LogP contribution is 2.27. The number of rotatable bonds is 7. The molecule has 0 unspecified atom stereocenters. The van der Waals surface area contributed by atoms with Crippen molar-refractivity contribution in [1.82, 2.24) is 5.32 Å². The lowest BCUT2D eigenvalue weighted by molar-refractivity contribution is -0.139. The molecule has 1 aromatic carbocycles. The molecule has 1 aromatic rings. The van der Waals surface area contributed by atoms with Gasteiger partial charge in [0.2, 0.25) is 0 Å². The van der Waals surface area contributed by atoms with Gasteiger partial charge in [-0.15, -0.1) is 0 Å². The maximum Gasteiger partial charge on any atom is 0.341 e. The maximum absolute atomic E-state index is 10.6. The summed E-state index contributed by atoms with van der Waals surface area (Å²) in [5.41, 5.74) is 1.02. The summed E-state index contributed by atoms with van der Waals surface area (Å²) in [7, 11) is 0. The zero-order valence-electron chi connectivity index (χ0n) is 12.7. The van der Waals surface area contributed by atoms with E-state index in [9.17, 15) is 4.79 Å². The van der Waals surface area contributed by atoms with E-state index in [0.717, 1.165) is 30.5 Å². The third-order valence-electron chi connectivity index (χ3n) is 4.21. The summed E-state index contributed by atoms with van der Waals surface area (Å²) in [6.07, 6.45) is 5.30. The van der Waals surface area contributed by atoms with E-state index in [2.05, 4.69) is 12.2 Å². The largest absolute Gasteiger partial charge is 0.482 e. The number of hydrogen-bond acceptors (Lipinski definition) is 3. The molecule has 0 saturated heterocycles. The average molecular weight is 291 g/mol. The molecule has 21 heavy (non-hydrogen) atoms. The lowest BCUT2D eigenvalue weighted by atomic mass is 9.83. The first-order valence-corrected chi connectivity index (χ1v) is 7.78. The molecule has 0 spiro atoms. The molecule has 0 heterocycles. The van der Waals surface area contributed by atoms with Crippen molar-refractivity contribution in [2.45, 2.75) is 39.2 Å². The number of nitrogens with one attached hydrogen (secondary N) is 1. The van der Waals surface area contributed by atoms with E-state index in [1.807, 2.05) is 24.3 Å². The molecule has 1 aliphatic carbocycles. The Morgan fingerprint density at radius 2 is 2.00 bits per heavy atom. The number of para-hydroxylation sites is 1. The summed E-state index contributed by atoms with van der Waals surface area (Å²) < 4.78 is 5.32. The van der Waals surface area contributed by atoms with E-state index in [1.54, 1.807) is 0 Å². The van der Waals surface area contributed by atoms with E-state index in [4.69, 9.17) is 9.84 Å². The van der Waals surface area contributed by atoms with Gasteiger partial charge >= 0.3 is 5.97 Å². The van der Waals surface area contributed by atoms with Crippen molar-refractivity contribution in [3.05, 3.63) is 29.8 Å². The second kappa shape index (κ2) is 8.03. The van der Waals surface area contributed by atoms with Gasteiger partial charge in [0.05, 0.1) is 0 Å². The van der Waals surface area contributed by atoms with Gasteiger partial charge in [-0.25, -0.2) is 4.79 Å². The summed E-state index contributed by atoms with van der Waals surface area (Å²) in [6, 6.07) is 7.62. The molecule has 0 radical (unpaired) electrons. The molecule has 116 valence electrons. The van der Waals surface area contributed by atoms with Gasteiger partial charge < -0.3 is 15.2 Å². The van der Waals surface area contributed by atoms with Crippen molar-refractivity contribution in [2.75, 3.05) is 13.2 Å². The SMILES string of the molecule is CC1CCC(CNCc2ccccc2OCC(=O)O)CC1. The van der Waals surface area contributed by atoms with Crippen LogP contribution < -0.4 is 10.1 Å². The Bertz CT molecular complexity index is 453. The van der Waals surface area contributed by atoms with E-state index < -0.39 is 5.97 Å². The zero-order chi connectivity index (χ0) is 15.1. The molecule has 1 fully saturated rings. The predicted molar refractivity (Wildman–Crippen MR) is 82.4 cm³/mol. The fourth-order valence-electron chi connectivity index (χ4n) is 2.87. The summed E-state index contributed by atoms with van der Waals surface area (Å²) in [5, 5.41) is 12.2. The molecular weight excluding hydrogens is 266 g/mol. The third-order valence-corrected chi connectivity index (χ3v) is 4.21. The Balaban J connectivity index is 1.78. The molecule has 2 rings (SSSR count). The summed E-state index contributed by atoms with van der Waals surface area (Å²) in [6.45, 7) is 3.79. The standard InChI is InChI=1S/C17H25NO3/c1-13-6-8-14(9-7-13)10-18-11-15-4-2-3-5-16(15)21-12-17(19)20/h2-5,13-14,18H,6-12H2,1H3,(H,19,20). The number of carboxylic acid groups (broad SMARTS) is 1. The van der Waals surface area contributed by atoms with Gasteiger partial charge in [-0.05, 0) is 37.3 Å². The highest BCUT2D eigenvalue weighted by Gasteiger charge is 2.17. The van der Waals surface area contributed by atoms with Crippen LogP contribution in [-0.4, -0.2) is 24.2 Å². The lowest BCUT2D eigenvalue weighted by Crippen LogP contribution is -2.26. The first-order chi connectivity index (χ1) is 10.1. The van der Waals surface area contributed by atoms with Gasteiger partial charge in [-0.3, -0.25) is 0 Å². The average Bonchev–Trinajstić information content (AvgIpc) is 2.48. The number of carbonyl (C=O) groups is 1. The Kier molecular flexibility index (Phi) is 6.05. The molecule has 0 bridgehead atoms. The van der Waals surface area contributed by atoms with E-state index >= 15 is 0 Å². The second-order valence-corrected chi connectivity index (χ2v) is 6.05. The number of benzene rings is 1. The van der Waals surface area contributed by atoms with Crippen molar-refractivity contribution < 1.29 is 14.6 Å². The molecule has 0 amide bonds. The fraction of sp³-hybridized carbons (Fsp3) is 0.588. The molecule has 0 aromatic heterocycles. The molecule has 1 saturated carbocycles. The second-order valence-electron chi connectivity index (χ2n) is 6.05. The Labute approximate surface area is 126 Å². The van der Waals surface area contributed by atoms with Crippen LogP contribution >= 0.6 is 0 Å². The Hall–Kier alpha value is -1.55. The predicted octanol–water partition coefficient (Wildman–Crippen LogP) is 3.07. The Morgan fingerprint density at radius 1 is 1.29 bits per heavy atom. The maximum atomic E-state index is 10.6. The summed E-state index contributed by atoms with van der Waals surface area (Å²) in [5.74, 6) is 1.36. The normalized spacial score (nSPS) is 22.0. The molecular formula is C17H25NO3. The van der Waals surface area contributed by atoms with Gasteiger partial charge in [0.25, 0.3) is 0 Å². The van der Waals surface area contributed by atoms with Crippen molar-refractivity contribution in [3.63, 3.8) is 0 Å². The van der Waals surface area contributed by atoms with Gasteiger partial charge in [0.15, 0.2) is 6.61 Å². The van der Waals surface area contributed by atoms with Crippen LogP contribution in [0.3, 0.4) is 0 Å². The molecule has 0 aliphatic heterocycles. The zero-order valence-corrected chi connectivity index (χ0v) is 12.7. The van der Waals surface area contributed by atoms with Crippen LogP contribution in [0, 0.1) is 11.8 Å². The van der Waals surface area contributed by atoms with Crippen LogP contribution in [0.5, 0.6) is 5.75 Å². The minimum Gasteiger partial charge on any atom is -0.482 e. The van der Waals surface area contributed by atoms with Crippen LogP contribution in [0.2, 0.25) is 0 Å². The summed E-state index contributed by atoms with van der Waals surface area (Å²) >= 11 is 0. The minimum absolute atomic E-state index is 0.294. The minimum atomic E-state index is -0.950. The monoisotopic (exact) mass is 291 g/mol. The van der Waals surface area contributed by atoms with Crippen molar-refractivity contribution in [3.8, 4) is 5.75 Å². The van der Waals surface area contributed by atoms with Gasteiger partial charge in [-0.2, -0.15) is 0 Å². The first-order valence-electron chi connectivity index (χ1n) is 7.78. The van der Waals surface area contributed by atoms with Crippen LogP contribution in [0.4, 0.5) is 0 Å². The Morgan fingerprint density at radius 3 is 2.71 bits per heavy atom. The quantitative estimate of drug-likeness (QED) is 0.810. The van der Waals surface area contributed by atoms with Gasteiger partial charge in [0, 0.05) is 12.1 Å². The van der Waals surface area contributed by atoms with E-state index in [-0.39, 0.29) is 6.61 Å². The van der Waals surface area contributed by atoms with Crippen LogP contribution in [0.1, 0.15) is 38.2 Å². The van der Waals surface area contributed by atoms with Crippen molar-refractivity contribution >= 4 is 5.97 Å². The number of carboxylic acids is 1. The van der Waals surface area contributed by atoms with E-state index in [0.29, 0.717) is 5.75 Å². The molecule has 4 heteroatoms. The first kappa shape index (κ1) is 15.8. The number of aliphatic carboxylic acids is 1. The van der Waals surface area contributed by atoms with Gasteiger partial charge in [0.1, 0.15) is 5.75 Å². The lowest BCUT2D eigenvalue weighted by Gasteiger charge is -2.26. The third kappa shape index (κ3) is 5.38. The van der Waals surface area contributed by atoms with Crippen LogP contribution in [0.15, 0.2) is 24.3 Å². The van der Waals surface area contributed by atoms with Crippen LogP contribution in [-0.2, 0) is 11.3 Å². The number of hydrogen-bond donors (Lipinski definition) is 2. The van der Waals surface area contributed by atoms with Crippen molar-refractivity contribution in [2.24, 2.45) is 11.8 Å². The fourth-order valence-corrected chi connectivity index (χ4v) is 2.87. The highest BCUT2D eigenvalue weighted by molar-refractivity contribution is 5.68. The topological polar surface area (TPSA) is 58.6 Å². The molecule has 2 N–H and O–H groups in total. The highest BCUT2D eigenvalue weighted by atomic mass is 16.5.